The summed E-state index contributed by atoms with van der Waals surface area (Å²) >= 11 is 0. The van der Waals surface area contributed by atoms with Gasteiger partial charge in [0.25, 0.3) is 5.91 Å². The Morgan fingerprint density at radius 2 is 2.17 bits per heavy atom. The van der Waals surface area contributed by atoms with Crippen LogP contribution in [0.15, 0.2) is 17.2 Å². The number of anilines is 2. The zero-order valence-electron chi connectivity index (χ0n) is 14.2. The molecule has 3 aliphatic heterocycles. The van der Waals surface area contributed by atoms with Crippen molar-refractivity contribution in [3.05, 3.63) is 17.7 Å². The summed E-state index contributed by atoms with van der Waals surface area (Å²) in [6, 6.07) is 4.35. The average molecular weight is 329 g/mol. The number of amides is 1. The highest BCUT2D eigenvalue weighted by atomic mass is 16.5. The van der Waals surface area contributed by atoms with E-state index < -0.39 is 0 Å². The van der Waals surface area contributed by atoms with E-state index in [4.69, 9.17) is 4.74 Å². The van der Waals surface area contributed by atoms with Gasteiger partial charge in [-0.1, -0.05) is 13.8 Å². The maximum atomic E-state index is 12.0. The molecule has 0 spiro atoms. The topological polar surface area (TPSA) is 78.0 Å². The number of nitrogens with zero attached hydrogens (tertiary/aromatic N) is 2. The van der Waals surface area contributed by atoms with E-state index in [0.717, 1.165) is 36.0 Å². The summed E-state index contributed by atoms with van der Waals surface area (Å²) in [5.74, 6) is 1.84. The van der Waals surface area contributed by atoms with Crippen LogP contribution in [0, 0.1) is 0 Å². The van der Waals surface area contributed by atoms with Gasteiger partial charge in [0.05, 0.1) is 11.7 Å². The van der Waals surface area contributed by atoms with Crippen molar-refractivity contribution in [2.45, 2.75) is 38.8 Å². The van der Waals surface area contributed by atoms with Gasteiger partial charge in [-0.3, -0.25) is 4.79 Å². The van der Waals surface area contributed by atoms with Crippen LogP contribution in [0.25, 0.3) is 0 Å². The quantitative estimate of drug-likeness (QED) is 0.777. The van der Waals surface area contributed by atoms with Gasteiger partial charge in [0.2, 0.25) is 0 Å². The lowest BCUT2D eigenvalue weighted by Gasteiger charge is -2.39. The van der Waals surface area contributed by atoms with Gasteiger partial charge in [0.1, 0.15) is 18.4 Å². The van der Waals surface area contributed by atoms with Crippen molar-refractivity contribution in [2.75, 3.05) is 29.9 Å². The third kappa shape index (κ3) is 2.39. The van der Waals surface area contributed by atoms with E-state index in [9.17, 15) is 4.79 Å². The van der Waals surface area contributed by atoms with Crippen LogP contribution in [0.5, 0.6) is 5.75 Å². The molecule has 128 valence electrons. The number of hydrogen-bond donors (Lipinski definition) is 3. The van der Waals surface area contributed by atoms with Crippen LogP contribution in [0.4, 0.5) is 11.4 Å². The highest BCUT2D eigenvalue weighted by Crippen LogP contribution is 2.41. The molecule has 0 aromatic heterocycles. The van der Waals surface area contributed by atoms with Crippen LogP contribution in [0.3, 0.4) is 0 Å². The van der Waals surface area contributed by atoms with Crippen molar-refractivity contribution in [3.8, 4) is 5.75 Å². The Labute approximate surface area is 141 Å². The van der Waals surface area contributed by atoms with Crippen molar-refractivity contribution in [1.29, 1.82) is 0 Å². The lowest BCUT2D eigenvalue weighted by atomic mass is 9.97. The third-order valence-corrected chi connectivity index (χ3v) is 4.85. The molecule has 0 bridgehead atoms. The van der Waals surface area contributed by atoms with Crippen molar-refractivity contribution in [2.24, 2.45) is 5.10 Å². The highest BCUT2D eigenvalue weighted by molar-refractivity contribution is 6.09. The Hall–Kier alpha value is -2.28. The van der Waals surface area contributed by atoms with Gasteiger partial charge in [-0.25, -0.2) is 5.43 Å². The number of carbonyl (C=O) groups is 1. The zero-order chi connectivity index (χ0) is 16.8. The monoisotopic (exact) mass is 329 g/mol. The number of ether oxygens (including phenoxy) is 1. The molecule has 3 heterocycles. The molecule has 0 radical (unpaired) electrons. The van der Waals surface area contributed by atoms with E-state index in [2.05, 4.69) is 47.1 Å². The van der Waals surface area contributed by atoms with E-state index >= 15 is 0 Å². The van der Waals surface area contributed by atoms with Gasteiger partial charge in [0, 0.05) is 18.8 Å². The van der Waals surface area contributed by atoms with Crippen molar-refractivity contribution in [1.82, 2.24) is 10.7 Å². The molecule has 1 fully saturated rings. The van der Waals surface area contributed by atoms with Gasteiger partial charge in [-0.05, 0) is 30.5 Å². The minimum Gasteiger partial charge on any atom is -0.483 e. The van der Waals surface area contributed by atoms with Crippen molar-refractivity contribution < 1.29 is 9.53 Å². The van der Waals surface area contributed by atoms with Crippen LogP contribution in [0.2, 0.25) is 0 Å². The molecule has 0 aliphatic carbocycles. The van der Waals surface area contributed by atoms with Crippen LogP contribution in [-0.2, 0) is 4.79 Å². The first-order valence-corrected chi connectivity index (χ1v) is 8.48. The lowest BCUT2D eigenvalue weighted by Crippen LogP contribution is -2.55. The molecule has 4 rings (SSSR count). The van der Waals surface area contributed by atoms with Crippen LogP contribution in [-0.4, -0.2) is 43.5 Å². The molecule has 1 saturated heterocycles. The maximum absolute atomic E-state index is 12.0. The number of carbonyl (C=O) groups excluding carboxylic acids is 1. The molecule has 1 aromatic rings. The normalized spacial score (nSPS) is 22.8. The minimum atomic E-state index is -0.303. The summed E-state index contributed by atoms with van der Waals surface area (Å²) in [5, 5.41) is 11.0. The summed E-state index contributed by atoms with van der Waals surface area (Å²) in [6.45, 7) is 8.56. The first-order valence-electron chi connectivity index (χ1n) is 8.48. The number of fused-ring (bicyclic) bond motifs is 3. The van der Waals surface area contributed by atoms with Crippen LogP contribution in [0.1, 0.15) is 32.3 Å². The highest BCUT2D eigenvalue weighted by Gasteiger charge is 2.36. The number of benzene rings is 1. The van der Waals surface area contributed by atoms with E-state index in [0.29, 0.717) is 18.6 Å². The van der Waals surface area contributed by atoms with E-state index in [1.807, 2.05) is 11.8 Å². The fourth-order valence-corrected chi connectivity index (χ4v) is 3.30. The average Bonchev–Trinajstić information content (AvgIpc) is 2.53. The summed E-state index contributed by atoms with van der Waals surface area (Å²) in [7, 11) is 0. The molecule has 0 saturated carbocycles. The SMILES string of the molecule is CC(C)c1cc2c(cc1NC1CNC1)N1C(=NNC(=O)[C@H]1C)CO2. The Kier molecular flexibility index (Phi) is 3.60. The maximum Gasteiger partial charge on any atom is 0.262 e. The molecule has 0 unspecified atom stereocenters. The zero-order valence-corrected chi connectivity index (χ0v) is 14.2. The smallest absolute Gasteiger partial charge is 0.262 e. The van der Waals surface area contributed by atoms with E-state index in [1.54, 1.807) is 0 Å². The van der Waals surface area contributed by atoms with E-state index in [1.165, 1.54) is 5.56 Å². The number of amidine groups is 1. The fraction of sp³-hybridized carbons (Fsp3) is 0.529. The largest absolute Gasteiger partial charge is 0.483 e. The molecule has 3 N–H and O–H groups in total. The fourth-order valence-electron chi connectivity index (χ4n) is 3.30. The lowest BCUT2D eigenvalue weighted by molar-refractivity contribution is -0.122. The molecule has 1 aromatic carbocycles. The Balaban J connectivity index is 1.78. The molecular formula is C17H23N5O2. The second-order valence-electron chi connectivity index (χ2n) is 6.90. The van der Waals surface area contributed by atoms with Crippen molar-refractivity contribution >= 4 is 23.1 Å². The molecule has 1 atom stereocenters. The Morgan fingerprint density at radius 3 is 2.83 bits per heavy atom. The van der Waals surface area contributed by atoms with Gasteiger partial charge >= 0.3 is 0 Å². The predicted octanol–water partition coefficient (Wildman–Crippen LogP) is 1.22. The molecule has 7 nitrogen and oxygen atoms in total. The summed E-state index contributed by atoms with van der Waals surface area (Å²) in [5.41, 5.74) is 5.81. The molecular weight excluding hydrogens is 306 g/mol. The first-order chi connectivity index (χ1) is 11.5. The second kappa shape index (κ2) is 5.66. The Bertz CT molecular complexity index is 711. The van der Waals surface area contributed by atoms with Crippen LogP contribution >= 0.6 is 0 Å². The first kappa shape index (κ1) is 15.3. The van der Waals surface area contributed by atoms with E-state index in [-0.39, 0.29) is 11.9 Å². The number of rotatable bonds is 3. The number of hydrogen-bond acceptors (Lipinski definition) is 6. The predicted molar refractivity (Wildman–Crippen MR) is 93.8 cm³/mol. The summed E-state index contributed by atoms with van der Waals surface area (Å²) in [4.78, 5) is 14.0. The Morgan fingerprint density at radius 1 is 1.38 bits per heavy atom. The third-order valence-electron chi connectivity index (χ3n) is 4.85. The van der Waals surface area contributed by atoms with Gasteiger partial charge < -0.3 is 20.3 Å². The molecule has 7 heteroatoms. The van der Waals surface area contributed by atoms with Gasteiger partial charge in [0.15, 0.2) is 5.84 Å². The van der Waals surface area contributed by atoms with Crippen LogP contribution < -0.4 is 25.7 Å². The van der Waals surface area contributed by atoms with Gasteiger partial charge in [-0.2, -0.15) is 5.10 Å². The van der Waals surface area contributed by atoms with Crippen molar-refractivity contribution in [3.63, 3.8) is 0 Å². The number of hydrazone groups is 1. The second-order valence-corrected chi connectivity index (χ2v) is 6.90. The molecule has 24 heavy (non-hydrogen) atoms. The number of nitrogens with one attached hydrogen (secondary N) is 3. The minimum absolute atomic E-state index is 0.0998. The molecule has 3 aliphatic rings. The summed E-state index contributed by atoms with van der Waals surface area (Å²) < 4.78 is 5.90. The summed E-state index contributed by atoms with van der Waals surface area (Å²) in [6.07, 6.45) is 0. The molecule has 1 amide bonds. The standard InChI is InChI=1S/C17H23N5O2/c1-9(2)12-4-15-14(5-13(12)19-11-6-18-7-11)22-10(3)17(23)21-20-16(22)8-24-15/h4-5,9-11,18-19H,6-8H2,1-3H3,(H,21,23)/t10-/m1/s1. The van der Waals surface area contributed by atoms with Gasteiger partial charge in [-0.15, -0.1) is 0 Å².